The summed E-state index contributed by atoms with van der Waals surface area (Å²) in [6, 6.07) is 8.96. The molecule has 2 aromatic rings. The lowest BCUT2D eigenvalue weighted by molar-refractivity contribution is 0.295. The topological polar surface area (TPSA) is 21.3 Å². The monoisotopic (exact) mass is 297 g/mol. The molecule has 5 heteroatoms. The first-order valence-electron chi connectivity index (χ1n) is 6.10. The van der Waals surface area contributed by atoms with E-state index >= 15 is 0 Å². The number of nitrogens with one attached hydrogen (secondary N) is 1. The molecule has 106 valence electrons. The Labute approximate surface area is 121 Å². The predicted octanol–water partition coefficient (Wildman–Crippen LogP) is 3.92. The van der Waals surface area contributed by atoms with Crippen molar-refractivity contribution in [3.05, 3.63) is 64.2 Å². The highest BCUT2D eigenvalue weighted by molar-refractivity contribution is 6.30. The maximum atomic E-state index is 13.7. The van der Waals surface area contributed by atoms with Gasteiger partial charge in [0.2, 0.25) is 0 Å². The molecule has 2 rings (SSSR count). The predicted molar refractivity (Wildman–Crippen MR) is 74.9 cm³/mol. The summed E-state index contributed by atoms with van der Waals surface area (Å²) in [6.07, 6.45) is 0. The number of hydrogen-bond donors (Lipinski definition) is 1. The number of halogens is 3. The number of rotatable bonds is 5. The molecular formula is C15H14ClF2NO. The van der Waals surface area contributed by atoms with Crippen LogP contribution in [0.25, 0.3) is 0 Å². The number of benzene rings is 2. The highest BCUT2D eigenvalue weighted by Crippen LogP contribution is 2.23. The molecule has 0 aliphatic carbocycles. The standard InChI is InChI=1S/C15H14ClF2NO/c1-19-8-11-7-12(17)5-6-14(11)20-9-10-3-2-4-13(16)15(10)18/h2-7,19H,8-9H2,1H3. The van der Waals surface area contributed by atoms with Gasteiger partial charge in [0, 0.05) is 17.7 Å². The Kier molecular flexibility index (Phi) is 4.93. The fourth-order valence-electron chi connectivity index (χ4n) is 1.83. The summed E-state index contributed by atoms with van der Waals surface area (Å²) in [7, 11) is 1.76. The number of hydrogen-bond acceptors (Lipinski definition) is 2. The fourth-order valence-corrected chi connectivity index (χ4v) is 2.03. The molecule has 0 aliphatic heterocycles. The van der Waals surface area contributed by atoms with E-state index in [1.807, 2.05) is 0 Å². The maximum Gasteiger partial charge on any atom is 0.148 e. The van der Waals surface area contributed by atoms with Crippen molar-refractivity contribution in [3.63, 3.8) is 0 Å². The SMILES string of the molecule is CNCc1cc(F)ccc1OCc1cccc(Cl)c1F. The van der Waals surface area contributed by atoms with Gasteiger partial charge in [-0.25, -0.2) is 8.78 Å². The van der Waals surface area contributed by atoms with Gasteiger partial charge in [0.15, 0.2) is 0 Å². The van der Waals surface area contributed by atoms with E-state index in [2.05, 4.69) is 5.32 Å². The molecule has 0 saturated carbocycles. The molecule has 0 amide bonds. The Morgan fingerprint density at radius 2 is 1.95 bits per heavy atom. The Bertz CT molecular complexity index is 604. The Hall–Kier alpha value is -1.65. The molecule has 0 saturated heterocycles. The zero-order valence-electron chi connectivity index (χ0n) is 10.9. The lowest BCUT2D eigenvalue weighted by atomic mass is 10.2. The number of ether oxygens (including phenoxy) is 1. The molecule has 0 bridgehead atoms. The van der Waals surface area contributed by atoms with Gasteiger partial charge in [0.25, 0.3) is 0 Å². The second-order valence-electron chi connectivity index (χ2n) is 4.28. The largest absolute Gasteiger partial charge is 0.488 e. The first-order valence-corrected chi connectivity index (χ1v) is 6.48. The maximum absolute atomic E-state index is 13.7. The van der Waals surface area contributed by atoms with Gasteiger partial charge < -0.3 is 10.1 Å². The third kappa shape index (κ3) is 3.46. The van der Waals surface area contributed by atoms with Gasteiger partial charge in [-0.1, -0.05) is 23.7 Å². The fraction of sp³-hybridized carbons (Fsp3) is 0.200. The van der Waals surface area contributed by atoms with Crippen molar-refractivity contribution < 1.29 is 13.5 Å². The molecular weight excluding hydrogens is 284 g/mol. The van der Waals surface area contributed by atoms with Crippen LogP contribution in [0.1, 0.15) is 11.1 Å². The summed E-state index contributed by atoms with van der Waals surface area (Å²) < 4.78 is 32.5. The zero-order valence-corrected chi connectivity index (χ0v) is 11.7. The molecule has 2 nitrogen and oxygen atoms in total. The van der Waals surface area contributed by atoms with Crippen LogP contribution >= 0.6 is 11.6 Å². The molecule has 1 N–H and O–H groups in total. The minimum Gasteiger partial charge on any atom is -0.488 e. The summed E-state index contributed by atoms with van der Waals surface area (Å²) in [5.41, 5.74) is 1.03. The summed E-state index contributed by atoms with van der Waals surface area (Å²) in [5.74, 6) is -0.317. The molecule has 0 atom stereocenters. The van der Waals surface area contributed by atoms with E-state index in [1.54, 1.807) is 19.2 Å². The van der Waals surface area contributed by atoms with Gasteiger partial charge >= 0.3 is 0 Å². The highest BCUT2D eigenvalue weighted by atomic mass is 35.5. The van der Waals surface area contributed by atoms with E-state index in [0.717, 1.165) is 0 Å². The average Bonchev–Trinajstić information content (AvgIpc) is 2.42. The van der Waals surface area contributed by atoms with Crippen LogP contribution < -0.4 is 10.1 Å². The van der Waals surface area contributed by atoms with Gasteiger partial charge in [0.1, 0.15) is 24.0 Å². The van der Waals surface area contributed by atoms with Crippen molar-refractivity contribution >= 4 is 11.6 Å². The first kappa shape index (κ1) is 14.8. The average molecular weight is 298 g/mol. The second-order valence-corrected chi connectivity index (χ2v) is 4.69. The molecule has 0 aromatic heterocycles. The highest BCUT2D eigenvalue weighted by Gasteiger charge is 2.09. The van der Waals surface area contributed by atoms with Crippen LogP contribution in [0.5, 0.6) is 5.75 Å². The third-order valence-electron chi connectivity index (χ3n) is 2.80. The van der Waals surface area contributed by atoms with Crippen molar-refractivity contribution in [1.29, 1.82) is 0 Å². The molecule has 0 spiro atoms. The molecule has 0 fully saturated rings. The summed E-state index contributed by atoms with van der Waals surface area (Å²) in [6.45, 7) is 0.500. The van der Waals surface area contributed by atoms with E-state index in [9.17, 15) is 8.78 Å². The first-order chi connectivity index (χ1) is 9.61. The summed E-state index contributed by atoms with van der Waals surface area (Å²) in [5, 5.41) is 2.98. The third-order valence-corrected chi connectivity index (χ3v) is 3.10. The second kappa shape index (κ2) is 6.68. The van der Waals surface area contributed by atoms with E-state index in [1.165, 1.54) is 24.3 Å². The van der Waals surface area contributed by atoms with Gasteiger partial charge in [-0.15, -0.1) is 0 Å². The van der Waals surface area contributed by atoms with E-state index in [-0.39, 0.29) is 17.4 Å². The van der Waals surface area contributed by atoms with E-state index in [0.29, 0.717) is 23.4 Å². The quantitative estimate of drug-likeness (QED) is 0.903. The van der Waals surface area contributed by atoms with E-state index < -0.39 is 5.82 Å². The van der Waals surface area contributed by atoms with Crippen molar-refractivity contribution in [3.8, 4) is 5.75 Å². The van der Waals surface area contributed by atoms with Gasteiger partial charge in [0.05, 0.1) is 5.02 Å². The molecule has 0 heterocycles. The van der Waals surface area contributed by atoms with Crippen molar-refractivity contribution in [2.24, 2.45) is 0 Å². The molecule has 0 aliphatic rings. The van der Waals surface area contributed by atoms with Crippen LogP contribution in [0.4, 0.5) is 8.78 Å². The molecule has 0 unspecified atom stereocenters. The normalized spacial score (nSPS) is 10.6. The molecule has 0 radical (unpaired) electrons. The summed E-state index contributed by atoms with van der Waals surface area (Å²) in [4.78, 5) is 0. The van der Waals surface area contributed by atoms with Gasteiger partial charge in [-0.3, -0.25) is 0 Å². The Morgan fingerprint density at radius 3 is 2.70 bits per heavy atom. The minimum absolute atomic E-state index is 0.0364. The van der Waals surface area contributed by atoms with E-state index in [4.69, 9.17) is 16.3 Å². The Balaban J connectivity index is 2.16. The molecule has 2 aromatic carbocycles. The zero-order chi connectivity index (χ0) is 14.5. The lowest BCUT2D eigenvalue weighted by Crippen LogP contribution is -2.08. The minimum atomic E-state index is -0.494. The van der Waals surface area contributed by atoms with Crippen molar-refractivity contribution in [2.45, 2.75) is 13.2 Å². The van der Waals surface area contributed by atoms with Crippen LogP contribution in [0, 0.1) is 11.6 Å². The van der Waals surface area contributed by atoms with Crippen LogP contribution in [0.2, 0.25) is 5.02 Å². The smallest absolute Gasteiger partial charge is 0.148 e. The van der Waals surface area contributed by atoms with Crippen LogP contribution in [-0.4, -0.2) is 7.05 Å². The van der Waals surface area contributed by atoms with Crippen LogP contribution in [0.15, 0.2) is 36.4 Å². The lowest BCUT2D eigenvalue weighted by Gasteiger charge is -2.12. The van der Waals surface area contributed by atoms with Crippen molar-refractivity contribution in [1.82, 2.24) is 5.32 Å². The van der Waals surface area contributed by atoms with Gasteiger partial charge in [-0.05, 0) is 31.3 Å². The van der Waals surface area contributed by atoms with Crippen molar-refractivity contribution in [2.75, 3.05) is 7.05 Å². The molecule has 20 heavy (non-hydrogen) atoms. The van der Waals surface area contributed by atoms with Gasteiger partial charge in [-0.2, -0.15) is 0 Å². The van der Waals surface area contributed by atoms with Crippen LogP contribution in [0.3, 0.4) is 0 Å². The van der Waals surface area contributed by atoms with Crippen LogP contribution in [-0.2, 0) is 13.2 Å². The summed E-state index contributed by atoms with van der Waals surface area (Å²) >= 11 is 5.71. The Morgan fingerprint density at radius 1 is 1.15 bits per heavy atom.